The van der Waals surface area contributed by atoms with E-state index in [1.807, 2.05) is 0 Å². The summed E-state index contributed by atoms with van der Waals surface area (Å²) in [6.45, 7) is 3.21. The Hall–Kier alpha value is 1.07. The van der Waals surface area contributed by atoms with Gasteiger partial charge >= 0.3 is 0 Å². The average molecular weight is 327 g/mol. The Labute approximate surface area is 85.8 Å². The summed E-state index contributed by atoms with van der Waals surface area (Å²) in [7, 11) is 0. The summed E-state index contributed by atoms with van der Waals surface area (Å²) in [5.41, 5.74) is 6.89. The first-order valence-corrected chi connectivity index (χ1v) is 2.33. The molecule has 45 valence electrons. The van der Waals surface area contributed by atoms with Crippen molar-refractivity contribution in [1.82, 2.24) is 0 Å². The summed E-state index contributed by atoms with van der Waals surface area (Å²) in [5, 5.41) is 0. The quantitative estimate of drug-likeness (QED) is 0.756. The van der Waals surface area contributed by atoms with Crippen molar-refractivity contribution >= 4 is 5.78 Å². The SMILES string of the molecule is CC(=O)CC(C)[NH-].[Ac]. The van der Waals surface area contributed by atoms with Crippen molar-refractivity contribution in [2.75, 3.05) is 0 Å². The van der Waals surface area contributed by atoms with Crippen LogP contribution in [-0.2, 0) is 4.79 Å². The van der Waals surface area contributed by atoms with Crippen LogP contribution in [0.4, 0.5) is 0 Å². The van der Waals surface area contributed by atoms with E-state index < -0.39 is 0 Å². The first kappa shape index (κ1) is 11.8. The smallest absolute Gasteiger partial charge is 0.128 e. The molecule has 0 rings (SSSR count). The Balaban J connectivity index is 0. The number of hydrogen-bond acceptors (Lipinski definition) is 1. The van der Waals surface area contributed by atoms with Crippen molar-refractivity contribution in [3.8, 4) is 0 Å². The fourth-order valence-electron chi connectivity index (χ4n) is 0.431. The van der Waals surface area contributed by atoms with Gasteiger partial charge in [0.15, 0.2) is 0 Å². The molecule has 0 aliphatic carbocycles. The summed E-state index contributed by atoms with van der Waals surface area (Å²) >= 11 is 0. The van der Waals surface area contributed by atoms with Crippen LogP contribution in [0.1, 0.15) is 20.3 Å². The summed E-state index contributed by atoms with van der Waals surface area (Å²) in [5.74, 6) is 0.0995. The fraction of sp³-hybridized carbons (Fsp3) is 0.800. The van der Waals surface area contributed by atoms with E-state index in [9.17, 15) is 4.79 Å². The van der Waals surface area contributed by atoms with Gasteiger partial charge in [-0.25, -0.2) is 0 Å². The van der Waals surface area contributed by atoms with Gasteiger partial charge in [0.1, 0.15) is 5.78 Å². The second-order valence-corrected chi connectivity index (χ2v) is 1.81. The monoisotopic (exact) mass is 327 g/mol. The molecule has 1 unspecified atom stereocenters. The number of hydrogen-bond donors (Lipinski definition) is 0. The minimum atomic E-state index is -0.225. The molecule has 0 aromatic rings. The zero-order valence-corrected chi connectivity index (χ0v) is 10.0. The van der Waals surface area contributed by atoms with Gasteiger partial charge in [-0.2, -0.15) is 0 Å². The topological polar surface area (TPSA) is 40.9 Å². The molecule has 1 atom stereocenters. The number of ketones is 1. The third-order valence-electron chi connectivity index (χ3n) is 0.594. The van der Waals surface area contributed by atoms with E-state index in [0.717, 1.165) is 0 Å². The maximum atomic E-state index is 10.1. The first-order valence-electron chi connectivity index (χ1n) is 2.33. The zero-order valence-electron chi connectivity index (χ0n) is 5.27. The number of carbonyl (C=O) groups is 1. The second kappa shape index (κ2) is 6.20. The number of Topliss-reactive ketones (excluding diaryl/α,β-unsaturated/α-hetero) is 1. The van der Waals surface area contributed by atoms with Crippen LogP contribution in [0.5, 0.6) is 0 Å². The molecule has 0 aromatic carbocycles. The van der Waals surface area contributed by atoms with Crippen LogP contribution in [0, 0.1) is 44.1 Å². The van der Waals surface area contributed by atoms with E-state index in [-0.39, 0.29) is 55.9 Å². The van der Waals surface area contributed by atoms with Crippen molar-refractivity contribution in [2.45, 2.75) is 26.3 Å². The van der Waals surface area contributed by atoms with Gasteiger partial charge in [-0.15, -0.1) is 6.04 Å². The summed E-state index contributed by atoms with van der Waals surface area (Å²) < 4.78 is 0. The van der Waals surface area contributed by atoms with E-state index in [0.29, 0.717) is 6.42 Å². The Morgan fingerprint density at radius 2 is 2.12 bits per heavy atom. The van der Waals surface area contributed by atoms with Gasteiger partial charge in [0.2, 0.25) is 0 Å². The van der Waals surface area contributed by atoms with Crippen LogP contribution in [0.25, 0.3) is 5.73 Å². The summed E-state index contributed by atoms with van der Waals surface area (Å²) in [4.78, 5) is 10.1. The largest absolute Gasteiger partial charge is 0.675 e. The Bertz CT molecular complexity index is 72.8. The molecule has 0 aromatic heterocycles. The van der Waals surface area contributed by atoms with Gasteiger partial charge in [0.25, 0.3) is 0 Å². The molecule has 1 N–H and O–H groups in total. The van der Waals surface area contributed by atoms with Crippen LogP contribution in [0.2, 0.25) is 0 Å². The van der Waals surface area contributed by atoms with Crippen LogP contribution < -0.4 is 0 Å². The van der Waals surface area contributed by atoms with Crippen LogP contribution in [0.3, 0.4) is 0 Å². The predicted octanol–water partition coefficient (Wildman–Crippen LogP) is 1.41. The molecule has 0 amide bonds. The van der Waals surface area contributed by atoms with Crippen LogP contribution in [-0.4, -0.2) is 11.8 Å². The van der Waals surface area contributed by atoms with Gasteiger partial charge < -0.3 is 10.5 Å². The van der Waals surface area contributed by atoms with Crippen LogP contribution >= 0.6 is 0 Å². The molecular weight excluding hydrogens is 317 g/mol. The molecule has 0 heterocycles. The molecule has 0 aliphatic heterocycles. The van der Waals surface area contributed by atoms with E-state index in [4.69, 9.17) is 5.73 Å². The summed E-state index contributed by atoms with van der Waals surface area (Å²) in [6.07, 6.45) is 0.389. The van der Waals surface area contributed by atoms with Gasteiger partial charge in [-0.05, 0) is 13.3 Å². The molecular formula is C5H10AcNO-. The molecule has 0 spiro atoms. The third kappa shape index (κ3) is 10.1. The zero-order chi connectivity index (χ0) is 5.86. The number of carbonyl (C=O) groups excluding carboxylic acids is 1. The Morgan fingerprint density at radius 3 is 2.12 bits per heavy atom. The predicted molar refractivity (Wildman–Crippen MR) is 29.1 cm³/mol. The number of nitrogens with one attached hydrogen (secondary N) is 1. The van der Waals surface area contributed by atoms with Crippen LogP contribution in [0.15, 0.2) is 0 Å². The Morgan fingerprint density at radius 1 is 1.75 bits per heavy atom. The van der Waals surface area contributed by atoms with Gasteiger partial charge in [-0.3, -0.25) is 0 Å². The third-order valence-corrected chi connectivity index (χ3v) is 0.594. The van der Waals surface area contributed by atoms with Gasteiger partial charge in [0, 0.05) is 44.1 Å². The minimum absolute atomic E-state index is 0. The van der Waals surface area contributed by atoms with Crippen molar-refractivity contribution < 1.29 is 48.9 Å². The molecule has 0 saturated carbocycles. The van der Waals surface area contributed by atoms with Crippen molar-refractivity contribution in [1.29, 1.82) is 0 Å². The maximum absolute atomic E-state index is 10.1. The van der Waals surface area contributed by atoms with Crippen molar-refractivity contribution in [3.63, 3.8) is 0 Å². The standard InChI is InChI=1S/C5H10NO.Ac/c1-4(6)3-5(2)7;/h4,6H,3H2,1-2H3;/q-1;. The molecule has 0 fully saturated rings. The minimum Gasteiger partial charge on any atom is -0.675 e. The molecule has 2 nitrogen and oxygen atoms in total. The van der Waals surface area contributed by atoms with Crippen molar-refractivity contribution in [2.24, 2.45) is 0 Å². The normalized spacial score (nSPS) is 11.9. The van der Waals surface area contributed by atoms with Crippen molar-refractivity contribution in [3.05, 3.63) is 5.73 Å². The first-order chi connectivity index (χ1) is 3.13. The number of rotatable bonds is 2. The Kier molecular flexibility index (Phi) is 9.15. The second-order valence-electron chi connectivity index (χ2n) is 1.81. The maximum Gasteiger partial charge on any atom is 0.128 e. The van der Waals surface area contributed by atoms with E-state index in [1.54, 1.807) is 6.92 Å². The fourth-order valence-corrected chi connectivity index (χ4v) is 0.431. The van der Waals surface area contributed by atoms with E-state index >= 15 is 0 Å². The molecule has 0 saturated heterocycles. The van der Waals surface area contributed by atoms with E-state index in [1.165, 1.54) is 6.92 Å². The molecule has 0 bridgehead atoms. The van der Waals surface area contributed by atoms with E-state index in [2.05, 4.69) is 0 Å². The molecule has 0 aliphatic rings. The molecule has 3 heteroatoms. The summed E-state index contributed by atoms with van der Waals surface area (Å²) in [6, 6.07) is -0.225. The van der Waals surface area contributed by atoms with Gasteiger partial charge in [0.05, 0.1) is 0 Å². The average Bonchev–Trinajstić information content (AvgIpc) is 1.27. The van der Waals surface area contributed by atoms with Gasteiger partial charge in [-0.1, -0.05) is 6.92 Å². The molecule has 1 radical (unpaired) electrons. The molecule has 8 heavy (non-hydrogen) atoms.